The maximum absolute atomic E-state index is 11.7. The van der Waals surface area contributed by atoms with Crippen LogP contribution in [0.4, 0.5) is 5.69 Å². The molecule has 0 saturated carbocycles. The molecule has 2 N–H and O–H groups in total. The normalized spacial score (nSPS) is 16.0. The van der Waals surface area contributed by atoms with Gasteiger partial charge in [-0.3, -0.25) is 4.79 Å². The Hall–Kier alpha value is -1.07. The lowest BCUT2D eigenvalue weighted by Crippen LogP contribution is -2.31. The smallest absolute Gasteiger partial charge is 0.227 e. The molecule has 0 fully saturated rings. The van der Waals surface area contributed by atoms with Crippen molar-refractivity contribution in [3.63, 3.8) is 0 Å². The molecule has 0 spiro atoms. The molecule has 0 radical (unpaired) electrons. The third kappa shape index (κ3) is 2.69. The molecule has 3 nitrogen and oxygen atoms in total. The summed E-state index contributed by atoms with van der Waals surface area (Å²) in [6.45, 7) is 0. The van der Waals surface area contributed by atoms with Crippen LogP contribution in [0.15, 0.2) is 24.3 Å². The lowest BCUT2D eigenvalue weighted by Gasteiger charge is -2.26. The molecule has 110 valence electrons. The number of aryl methyl sites for hydroxylation is 1. The van der Waals surface area contributed by atoms with E-state index in [1.54, 1.807) is 11.9 Å². The zero-order valence-corrected chi connectivity index (χ0v) is 13.7. The van der Waals surface area contributed by atoms with E-state index < -0.39 is 0 Å². The highest BCUT2D eigenvalue weighted by atomic mass is 35.5. The summed E-state index contributed by atoms with van der Waals surface area (Å²) in [5, 5.41) is 0. The monoisotopic (exact) mass is 340 g/mol. The molecule has 1 unspecified atom stereocenters. The summed E-state index contributed by atoms with van der Waals surface area (Å²) in [6.07, 6.45) is 1.28. The van der Waals surface area contributed by atoms with Gasteiger partial charge < -0.3 is 10.6 Å². The van der Waals surface area contributed by atoms with Gasteiger partial charge in [-0.15, -0.1) is 11.3 Å². The second kappa shape index (κ2) is 5.61. The molecule has 0 bridgehead atoms. The second-order valence-electron chi connectivity index (χ2n) is 5.10. The zero-order chi connectivity index (χ0) is 15.1. The minimum Gasteiger partial charge on any atom is -0.320 e. The Morgan fingerprint density at radius 3 is 2.71 bits per heavy atom. The summed E-state index contributed by atoms with van der Waals surface area (Å²) < 4.78 is 1.26. The fraction of sp³-hybridized carbons (Fsp3) is 0.267. The number of anilines is 1. The van der Waals surface area contributed by atoms with Crippen molar-refractivity contribution in [1.82, 2.24) is 0 Å². The van der Waals surface area contributed by atoms with Crippen LogP contribution in [0.1, 0.15) is 29.2 Å². The highest BCUT2D eigenvalue weighted by Gasteiger charge is 2.23. The predicted molar refractivity (Wildman–Crippen MR) is 88.5 cm³/mol. The summed E-state index contributed by atoms with van der Waals surface area (Å²) in [6, 6.07) is 7.46. The van der Waals surface area contributed by atoms with Gasteiger partial charge in [-0.25, -0.2) is 0 Å². The van der Waals surface area contributed by atoms with E-state index in [1.165, 1.54) is 11.3 Å². The van der Waals surface area contributed by atoms with Crippen molar-refractivity contribution < 1.29 is 4.79 Å². The lowest BCUT2D eigenvalue weighted by atomic mass is 9.94. The van der Waals surface area contributed by atoms with E-state index in [0.29, 0.717) is 15.1 Å². The molecule has 2 heterocycles. The van der Waals surface area contributed by atoms with Gasteiger partial charge in [0, 0.05) is 24.7 Å². The summed E-state index contributed by atoms with van der Waals surface area (Å²) >= 11 is 13.5. The molecular formula is C15H14Cl2N2OS. The molecule has 0 aliphatic carbocycles. The number of halogens is 2. The summed E-state index contributed by atoms with van der Waals surface area (Å²) in [5.41, 5.74) is 10.2. The third-order valence-electron chi connectivity index (χ3n) is 3.82. The molecule has 1 aromatic heterocycles. The molecule has 21 heavy (non-hydrogen) atoms. The maximum atomic E-state index is 11.7. The largest absolute Gasteiger partial charge is 0.320 e. The van der Waals surface area contributed by atoms with Crippen molar-refractivity contribution in [3.05, 3.63) is 49.6 Å². The quantitative estimate of drug-likeness (QED) is 0.897. The average molecular weight is 341 g/mol. The van der Waals surface area contributed by atoms with E-state index in [9.17, 15) is 4.79 Å². The Kier molecular flexibility index (Phi) is 3.97. The van der Waals surface area contributed by atoms with Gasteiger partial charge in [0.05, 0.1) is 14.7 Å². The van der Waals surface area contributed by atoms with Gasteiger partial charge in [0.15, 0.2) is 0 Å². The average Bonchev–Trinajstić information content (AvgIpc) is 2.80. The SMILES string of the molecule is CN1C(=O)CCc2cc(C(N)c3cc(Cl)sc3Cl)ccc21. The van der Waals surface area contributed by atoms with Gasteiger partial charge in [0.2, 0.25) is 5.91 Å². The van der Waals surface area contributed by atoms with Crippen LogP contribution in [0.25, 0.3) is 0 Å². The van der Waals surface area contributed by atoms with Gasteiger partial charge in [0.1, 0.15) is 0 Å². The topological polar surface area (TPSA) is 46.3 Å². The number of hydrogen-bond donors (Lipinski definition) is 1. The molecule has 1 aliphatic rings. The van der Waals surface area contributed by atoms with Crippen LogP contribution in [-0.4, -0.2) is 13.0 Å². The number of amides is 1. The first-order valence-corrected chi connectivity index (χ1v) is 8.14. The van der Waals surface area contributed by atoms with Crippen molar-refractivity contribution in [1.29, 1.82) is 0 Å². The van der Waals surface area contributed by atoms with Gasteiger partial charge in [-0.2, -0.15) is 0 Å². The zero-order valence-electron chi connectivity index (χ0n) is 11.4. The minimum absolute atomic E-state index is 0.146. The lowest BCUT2D eigenvalue weighted by molar-refractivity contribution is -0.118. The Bertz CT molecular complexity index is 714. The number of benzene rings is 1. The number of thiophene rings is 1. The van der Waals surface area contributed by atoms with Crippen molar-refractivity contribution in [2.75, 3.05) is 11.9 Å². The number of carbonyl (C=O) groups is 1. The fourth-order valence-corrected chi connectivity index (χ4v) is 4.16. The minimum atomic E-state index is -0.311. The summed E-state index contributed by atoms with van der Waals surface area (Å²) in [5.74, 6) is 0.146. The molecule has 1 atom stereocenters. The summed E-state index contributed by atoms with van der Waals surface area (Å²) in [7, 11) is 1.80. The molecule has 0 saturated heterocycles. The Balaban J connectivity index is 1.97. The second-order valence-corrected chi connectivity index (χ2v) is 7.38. The van der Waals surface area contributed by atoms with Crippen LogP contribution in [-0.2, 0) is 11.2 Å². The molecule has 1 amide bonds. The van der Waals surface area contributed by atoms with Crippen LogP contribution in [0, 0.1) is 0 Å². The molecule has 1 aliphatic heterocycles. The number of nitrogens with two attached hydrogens (primary N) is 1. The van der Waals surface area contributed by atoms with E-state index in [1.807, 2.05) is 18.2 Å². The van der Waals surface area contributed by atoms with Crippen molar-refractivity contribution >= 4 is 46.1 Å². The van der Waals surface area contributed by atoms with Crippen molar-refractivity contribution in [2.45, 2.75) is 18.9 Å². The van der Waals surface area contributed by atoms with Crippen molar-refractivity contribution in [2.24, 2.45) is 5.73 Å². The van der Waals surface area contributed by atoms with E-state index in [2.05, 4.69) is 6.07 Å². The summed E-state index contributed by atoms with van der Waals surface area (Å²) in [4.78, 5) is 13.4. The van der Waals surface area contributed by atoms with Gasteiger partial charge in [0.25, 0.3) is 0 Å². The number of fused-ring (bicyclic) bond motifs is 1. The van der Waals surface area contributed by atoms with Crippen LogP contribution < -0.4 is 10.6 Å². The van der Waals surface area contributed by atoms with Crippen LogP contribution in [0.2, 0.25) is 8.67 Å². The molecule has 1 aromatic carbocycles. The van der Waals surface area contributed by atoms with Crippen LogP contribution >= 0.6 is 34.5 Å². The highest BCUT2D eigenvalue weighted by molar-refractivity contribution is 7.20. The maximum Gasteiger partial charge on any atom is 0.227 e. The third-order valence-corrected chi connectivity index (χ3v) is 5.34. The van der Waals surface area contributed by atoms with Crippen molar-refractivity contribution in [3.8, 4) is 0 Å². The molecular weight excluding hydrogens is 327 g/mol. The number of carbonyl (C=O) groups excluding carboxylic acids is 1. The molecule has 2 aromatic rings. The van der Waals surface area contributed by atoms with Gasteiger partial charge in [-0.1, -0.05) is 35.3 Å². The first-order valence-electron chi connectivity index (χ1n) is 6.57. The van der Waals surface area contributed by atoms with Gasteiger partial charge >= 0.3 is 0 Å². The number of nitrogens with zero attached hydrogens (tertiary/aromatic N) is 1. The number of rotatable bonds is 2. The van der Waals surface area contributed by atoms with E-state index in [4.69, 9.17) is 28.9 Å². The Labute approximate surface area is 137 Å². The van der Waals surface area contributed by atoms with Gasteiger partial charge in [-0.05, 0) is 29.7 Å². The van der Waals surface area contributed by atoms with Crippen LogP contribution in [0.3, 0.4) is 0 Å². The van der Waals surface area contributed by atoms with Crippen LogP contribution in [0.5, 0.6) is 0 Å². The van der Waals surface area contributed by atoms with E-state index >= 15 is 0 Å². The first kappa shape index (κ1) is 14.9. The fourth-order valence-electron chi connectivity index (χ4n) is 2.61. The predicted octanol–water partition coefficient (Wildman–Crippen LogP) is 4.01. The first-order chi connectivity index (χ1) is 9.97. The standard InChI is InChI=1S/C15H14Cl2N2OS/c1-19-11-4-2-9(6-8(11)3-5-13(19)20)14(18)10-7-12(16)21-15(10)17/h2,4,6-7,14H,3,5,18H2,1H3. The highest BCUT2D eigenvalue weighted by Crippen LogP contribution is 2.37. The van der Waals surface area contributed by atoms with E-state index in [-0.39, 0.29) is 11.9 Å². The Morgan fingerprint density at radius 2 is 2.05 bits per heavy atom. The number of hydrogen-bond acceptors (Lipinski definition) is 3. The Morgan fingerprint density at radius 1 is 1.29 bits per heavy atom. The molecule has 6 heteroatoms. The molecule has 3 rings (SSSR count). The van der Waals surface area contributed by atoms with E-state index in [0.717, 1.165) is 28.8 Å².